The van der Waals surface area contributed by atoms with Crippen LogP contribution in [0.2, 0.25) is 0 Å². The number of carbonyl (C=O) groups is 3. The van der Waals surface area contributed by atoms with E-state index in [1.807, 2.05) is 49.4 Å². The molecule has 4 rings (SSSR count). The highest BCUT2D eigenvalue weighted by atomic mass is 16.6. The van der Waals surface area contributed by atoms with Crippen molar-refractivity contribution in [3.8, 4) is 11.5 Å². The standard InChI is InChI=1S/C33H33NO6/c1-21(18-29(36)31-32(40-23(3)35)30(38-4)16-17-34-31)33(37)39-22(2)28(26-11-6-5-7-12-26)20-24-14-15-25-10-8-9-13-27(25)19-24/h5-17,19,21-22,28H,18,20H2,1-4H3/t21-,22+,28+/m1/s1. The third kappa shape index (κ3) is 6.91. The van der Waals surface area contributed by atoms with Crippen LogP contribution in [-0.2, 0) is 20.7 Å². The number of esters is 2. The van der Waals surface area contributed by atoms with Gasteiger partial charge in [0.25, 0.3) is 0 Å². The van der Waals surface area contributed by atoms with Crippen LogP contribution in [0.5, 0.6) is 11.5 Å². The van der Waals surface area contributed by atoms with E-state index in [9.17, 15) is 14.4 Å². The molecule has 0 unspecified atom stereocenters. The van der Waals surface area contributed by atoms with Crippen LogP contribution < -0.4 is 9.47 Å². The van der Waals surface area contributed by atoms with Crippen molar-refractivity contribution in [1.29, 1.82) is 0 Å². The number of ketones is 1. The van der Waals surface area contributed by atoms with Gasteiger partial charge in [-0.2, -0.15) is 0 Å². The molecule has 0 amide bonds. The summed E-state index contributed by atoms with van der Waals surface area (Å²) in [7, 11) is 1.40. The number of ether oxygens (including phenoxy) is 3. The predicted molar refractivity (Wildman–Crippen MR) is 153 cm³/mol. The molecule has 4 aromatic rings. The van der Waals surface area contributed by atoms with Crippen LogP contribution in [0.15, 0.2) is 85.1 Å². The monoisotopic (exact) mass is 539 g/mol. The Balaban J connectivity index is 1.49. The van der Waals surface area contributed by atoms with Crippen molar-refractivity contribution >= 4 is 28.5 Å². The lowest BCUT2D eigenvalue weighted by molar-refractivity contribution is -0.153. The molecule has 0 radical (unpaired) electrons. The summed E-state index contributed by atoms with van der Waals surface area (Å²) < 4.78 is 16.4. The van der Waals surface area contributed by atoms with Crippen molar-refractivity contribution < 1.29 is 28.6 Å². The van der Waals surface area contributed by atoms with Gasteiger partial charge in [-0.05, 0) is 35.2 Å². The van der Waals surface area contributed by atoms with Gasteiger partial charge in [-0.25, -0.2) is 4.98 Å². The predicted octanol–water partition coefficient (Wildman–Crippen LogP) is 6.34. The zero-order valence-electron chi connectivity index (χ0n) is 23.1. The SMILES string of the molecule is COc1ccnc(C(=O)C[C@@H](C)C(=O)O[C@@H](C)[C@H](Cc2ccc3ccccc3c2)c2ccccc2)c1OC(C)=O. The van der Waals surface area contributed by atoms with Crippen LogP contribution in [0.25, 0.3) is 10.8 Å². The molecule has 40 heavy (non-hydrogen) atoms. The molecule has 3 atom stereocenters. The maximum Gasteiger partial charge on any atom is 0.309 e. The number of methoxy groups -OCH3 is 1. The van der Waals surface area contributed by atoms with Crippen molar-refractivity contribution in [2.24, 2.45) is 5.92 Å². The molecular weight excluding hydrogens is 506 g/mol. The first-order valence-electron chi connectivity index (χ1n) is 13.2. The first-order chi connectivity index (χ1) is 19.3. The Morgan fingerprint density at radius 3 is 2.27 bits per heavy atom. The van der Waals surface area contributed by atoms with Crippen LogP contribution in [-0.4, -0.2) is 35.9 Å². The highest BCUT2D eigenvalue weighted by molar-refractivity contribution is 6.00. The minimum Gasteiger partial charge on any atom is -0.493 e. The zero-order valence-corrected chi connectivity index (χ0v) is 23.1. The number of fused-ring (bicyclic) bond motifs is 1. The highest BCUT2D eigenvalue weighted by Crippen LogP contribution is 2.32. The lowest BCUT2D eigenvalue weighted by Crippen LogP contribution is -2.28. The topological polar surface area (TPSA) is 91.8 Å². The number of pyridine rings is 1. The summed E-state index contributed by atoms with van der Waals surface area (Å²) in [6.45, 7) is 4.75. The Morgan fingerprint density at radius 2 is 1.57 bits per heavy atom. The number of aromatic nitrogens is 1. The van der Waals surface area contributed by atoms with Gasteiger partial charge in [0, 0.05) is 31.5 Å². The number of benzene rings is 3. The molecule has 0 bridgehead atoms. The second kappa shape index (κ2) is 13.0. The first-order valence-corrected chi connectivity index (χ1v) is 13.2. The third-order valence-corrected chi connectivity index (χ3v) is 6.86. The van der Waals surface area contributed by atoms with E-state index in [0.29, 0.717) is 6.42 Å². The van der Waals surface area contributed by atoms with Crippen molar-refractivity contribution in [1.82, 2.24) is 4.98 Å². The fourth-order valence-electron chi connectivity index (χ4n) is 4.75. The fourth-order valence-corrected chi connectivity index (χ4v) is 4.75. The normalized spacial score (nSPS) is 13.2. The van der Waals surface area contributed by atoms with E-state index in [4.69, 9.17) is 14.2 Å². The molecule has 7 nitrogen and oxygen atoms in total. The van der Waals surface area contributed by atoms with Crippen LogP contribution in [0.1, 0.15) is 54.7 Å². The molecule has 0 fully saturated rings. The van der Waals surface area contributed by atoms with Crippen LogP contribution >= 0.6 is 0 Å². The van der Waals surface area contributed by atoms with E-state index in [-0.39, 0.29) is 29.5 Å². The molecule has 1 heterocycles. The van der Waals surface area contributed by atoms with Gasteiger partial charge in [-0.1, -0.05) is 79.7 Å². The summed E-state index contributed by atoms with van der Waals surface area (Å²) >= 11 is 0. The van der Waals surface area contributed by atoms with Crippen LogP contribution in [0.4, 0.5) is 0 Å². The summed E-state index contributed by atoms with van der Waals surface area (Å²) in [4.78, 5) is 42.0. The molecule has 0 aliphatic carbocycles. The molecule has 1 aromatic heterocycles. The second-order valence-corrected chi connectivity index (χ2v) is 9.86. The van der Waals surface area contributed by atoms with E-state index in [1.165, 1.54) is 31.7 Å². The highest BCUT2D eigenvalue weighted by Gasteiger charge is 2.29. The van der Waals surface area contributed by atoms with Gasteiger partial charge < -0.3 is 14.2 Å². The van der Waals surface area contributed by atoms with Crippen molar-refractivity contribution in [3.63, 3.8) is 0 Å². The van der Waals surface area contributed by atoms with Crippen molar-refractivity contribution in [2.75, 3.05) is 7.11 Å². The van der Waals surface area contributed by atoms with Crippen LogP contribution in [0.3, 0.4) is 0 Å². The van der Waals surface area contributed by atoms with E-state index in [1.54, 1.807) is 6.92 Å². The number of nitrogens with zero attached hydrogens (tertiary/aromatic N) is 1. The van der Waals surface area contributed by atoms with E-state index >= 15 is 0 Å². The Labute approximate surface area is 234 Å². The Bertz CT molecular complexity index is 1500. The molecule has 206 valence electrons. The number of Topliss-reactive ketones (excluding diaryl/α,β-unsaturated/α-hetero) is 1. The first kappa shape index (κ1) is 28.5. The zero-order chi connectivity index (χ0) is 28.6. The Hall–Kier alpha value is -4.52. The average Bonchev–Trinajstić information content (AvgIpc) is 2.95. The summed E-state index contributed by atoms with van der Waals surface area (Å²) in [6.07, 6.45) is 1.45. The van der Waals surface area contributed by atoms with Gasteiger partial charge in [0.05, 0.1) is 13.0 Å². The number of carbonyl (C=O) groups excluding carboxylic acids is 3. The summed E-state index contributed by atoms with van der Waals surface area (Å²) in [6, 6.07) is 26.0. The van der Waals surface area contributed by atoms with Gasteiger partial charge in [0.2, 0.25) is 5.75 Å². The number of rotatable bonds is 11. The maximum atomic E-state index is 13.2. The molecule has 0 N–H and O–H groups in total. The van der Waals surface area contributed by atoms with Gasteiger partial charge in [0.1, 0.15) is 6.10 Å². The Morgan fingerprint density at radius 1 is 0.875 bits per heavy atom. The minimum atomic E-state index is -0.745. The summed E-state index contributed by atoms with van der Waals surface area (Å²) in [5, 5.41) is 2.32. The molecule has 0 saturated heterocycles. The molecule has 0 spiro atoms. The average molecular weight is 540 g/mol. The number of hydrogen-bond donors (Lipinski definition) is 0. The van der Waals surface area contributed by atoms with E-state index in [0.717, 1.165) is 16.5 Å². The molecule has 0 aliphatic rings. The van der Waals surface area contributed by atoms with Gasteiger partial charge in [-0.3, -0.25) is 14.4 Å². The smallest absolute Gasteiger partial charge is 0.309 e. The van der Waals surface area contributed by atoms with Gasteiger partial charge in [0.15, 0.2) is 17.2 Å². The van der Waals surface area contributed by atoms with Gasteiger partial charge in [-0.15, -0.1) is 0 Å². The largest absolute Gasteiger partial charge is 0.493 e. The minimum absolute atomic E-state index is 0.0593. The second-order valence-electron chi connectivity index (χ2n) is 9.86. The lowest BCUT2D eigenvalue weighted by atomic mass is 9.87. The summed E-state index contributed by atoms with van der Waals surface area (Å²) in [5.74, 6) is -2.25. The maximum absolute atomic E-state index is 13.2. The fraction of sp³-hybridized carbons (Fsp3) is 0.273. The third-order valence-electron chi connectivity index (χ3n) is 6.86. The van der Waals surface area contributed by atoms with E-state index < -0.39 is 29.7 Å². The number of hydrogen-bond acceptors (Lipinski definition) is 7. The lowest BCUT2D eigenvalue weighted by Gasteiger charge is -2.26. The van der Waals surface area contributed by atoms with Crippen molar-refractivity contribution in [3.05, 3.63) is 102 Å². The van der Waals surface area contributed by atoms with Crippen molar-refractivity contribution in [2.45, 2.75) is 45.6 Å². The summed E-state index contributed by atoms with van der Waals surface area (Å²) in [5.41, 5.74) is 2.13. The van der Waals surface area contributed by atoms with E-state index in [2.05, 4.69) is 35.3 Å². The molecule has 0 saturated carbocycles. The molecule has 7 heteroatoms. The molecule has 0 aliphatic heterocycles. The molecule has 3 aromatic carbocycles. The Kier molecular flexibility index (Phi) is 9.27. The van der Waals surface area contributed by atoms with Crippen LogP contribution in [0, 0.1) is 5.92 Å². The molecular formula is C33H33NO6. The quantitative estimate of drug-likeness (QED) is 0.162. The van der Waals surface area contributed by atoms with Gasteiger partial charge >= 0.3 is 11.9 Å².